The molecule has 2 aromatic heterocycles. The van der Waals surface area contributed by atoms with E-state index >= 15 is 0 Å². The van der Waals surface area contributed by atoms with Crippen molar-refractivity contribution in [1.29, 1.82) is 0 Å². The number of thiophene rings is 1. The van der Waals surface area contributed by atoms with Crippen molar-refractivity contribution in [3.8, 4) is 0 Å². The number of nitrogens with two attached hydrogens (primary N) is 1. The first-order valence-electron chi connectivity index (χ1n) is 5.22. The Morgan fingerprint density at radius 2 is 2.14 bits per heavy atom. The second-order valence-corrected chi connectivity index (χ2v) is 7.53. The summed E-state index contributed by atoms with van der Waals surface area (Å²) < 4.78 is 27.0. The molecule has 0 spiro atoms. The largest absolute Gasteiger partial charge is 0.310 e. The number of nitrogen functional groups attached to an aromatic ring is 1. The van der Waals surface area contributed by atoms with Crippen LogP contribution < -0.4 is 16.0 Å². The average Bonchev–Trinajstić information content (AvgIpc) is 2.86. The number of halogens is 1. The lowest BCUT2D eigenvalue weighted by Gasteiger charge is -2.04. The van der Waals surface area contributed by atoms with Crippen LogP contribution in [0.1, 0.15) is 0 Å². The smallest absolute Gasteiger partial charge is 0.306 e. The molecule has 0 aromatic carbocycles. The average molecular weight is 394 g/mol. The first-order valence-corrected chi connectivity index (χ1v) is 8.32. The molecule has 12 heteroatoms. The van der Waals surface area contributed by atoms with Crippen LogP contribution in [0.2, 0.25) is 0 Å². The van der Waals surface area contributed by atoms with Crippen molar-refractivity contribution >= 4 is 53.8 Å². The normalized spacial score (nSPS) is 11.1. The van der Waals surface area contributed by atoms with Crippen LogP contribution in [0.3, 0.4) is 0 Å². The summed E-state index contributed by atoms with van der Waals surface area (Å²) in [5.41, 5.74) is 1.69. The SMILES string of the molecule is NNc1sc(S(=O)(=O)Nc2ccc(Br)cn2)cc1[N+](=O)[O-]. The maximum absolute atomic E-state index is 12.1. The summed E-state index contributed by atoms with van der Waals surface area (Å²) in [7, 11) is -3.98. The molecule has 0 unspecified atom stereocenters. The van der Waals surface area contributed by atoms with Crippen molar-refractivity contribution in [1.82, 2.24) is 4.98 Å². The lowest BCUT2D eigenvalue weighted by Crippen LogP contribution is -2.12. The molecule has 0 aliphatic carbocycles. The van der Waals surface area contributed by atoms with Crippen LogP contribution in [0.25, 0.3) is 0 Å². The van der Waals surface area contributed by atoms with Gasteiger partial charge in [0.05, 0.1) is 4.92 Å². The molecule has 112 valence electrons. The molecule has 2 aromatic rings. The molecular formula is C9H8BrN5O4S2. The van der Waals surface area contributed by atoms with E-state index in [2.05, 4.69) is 31.1 Å². The van der Waals surface area contributed by atoms with Crippen LogP contribution in [0.5, 0.6) is 0 Å². The Bertz CT molecular complexity index is 774. The Morgan fingerprint density at radius 3 is 2.62 bits per heavy atom. The second-order valence-electron chi connectivity index (χ2n) is 3.65. The second kappa shape index (κ2) is 5.93. The molecule has 0 bridgehead atoms. The maximum atomic E-state index is 12.1. The Hall–Kier alpha value is -1.76. The standard InChI is InChI=1S/C9H8BrN5O4S2/c10-5-1-2-7(12-4-5)14-21(18,19)8-3-6(15(16)17)9(13-11)20-8/h1-4,13H,11H2,(H,12,14). The number of nitrogens with one attached hydrogen (secondary N) is 2. The van der Waals surface area contributed by atoms with E-state index in [4.69, 9.17) is 5.84 Å². The Balaban J connectivity index is 2.35. The van der Waals surface area contributed by atoms with Gasteiger partial charge in [0.1, 0.15) is 10.0 Å². The molecular weight excluding hydrogens is 386 g/mol. The van der Waals surface area contributed by atoms with Gasteiger partial charge in [-0.05, 0) is 28.1 Å². The number of nitro groups is 1. The zero-order valence-corrected chi connectivity index (χ0v) is 13.3. The highest BCUT2D eigenvalue weighted by Gasteiger charge is 2.26. The molecule has 0 aliphatic heterocycles. The predicted molar refractivity (Wildman–Crippen MR) is 81.5 cm³/mol. The van der Waals surface area contributed by atoms with Crippen LogP contribution in [0.15, 0.2) is 33.1 Å². The monoisotopic (exact) mass is 393 g/mol. The molecule has 0 saturated carbocycles. The summed E-state index contributed by atoms with van der Waals surface area (Å²) in [6, 6.07) is 3.99. The highest BCUT2D eigenvalue weighted by molar-refractivity contribution is 9.10. The van der Waals surface area contributed by atoms with Crippen molar-refractivity contribution in [2.45, 2.75) is 4.21 Å². The van der Waals surface area contributed by atoms with Gasteiger partial charge in [-0.2, -0.15) is 0 Å². The van der Waals surface area contributed by atoms with Gasteiger partial charge >= 0.3 is 5.69 Å². The number of nitrogens with zero attached hydrogens (tertiary/aromatic N) is 2. The number of sulfonamides is 1. The summed E-state index contributed by atoms with van der Waals surface area (Å²) in [6.07, 6.45) is 1.42. The van der Waals surface area contributed by atoms with Gasteiger partial charge in [-0.25, -0.2) is 19.2 Å². The van der Waals surface area contributed by atoms with Crippen molar-refractivity contribution < 1.29 is 13.3 Å². The highest BCUT2D eigenvalue weighted by atomic mass is 79.9. The summed E-state index contributed by atoms with van der Waals surface area (Å²) in [5.74, 6) is 5.23. The van der Waals surface area contributed by atoms with Gasteiger partial charge < -0.3 is 5.43 Å². The Kier molecular flexibility index (Phi) is 4.41. The Labute approximate surface area is 131 Å². The van der Waals surface area contributed by atoms with Crippen molar-refractivity contribution in [3.05, 3.63) is 39.0 Å². The van der Waals surface area contributed by atoms with Crippen LogP contribution >= 0.6 is 27.3 Å². The van der Waals surface area contributed by atoms with Crippen LogP contribution in [-0.2, 0) is 10.0 Å². The third kappa shape index (κ3) is 3.47. The molecule has 0 aliphatic rings. The summed E-state index contributed by atoms with van der Waals surface area (Å²) in [5, 5.41) is 10.7. The van der Waals surface area contributed by atoms with E-state index in [1.807, 2.05) is 0 Å². The third-order valence-electron chi connectivity index (χ3n) is 2.25. The zero-order chi connectivity index (χ0) is 15.6. The fourth-order valence-corrected chi connectivity index (χ4v) is 3.84. The number of hydrazine groups is 1. The van der Waals surface area contributed by atoms with E-state index in [1.54, 1.807) is 6.07 Å². The molecule has 21 heavy (non-hydrogen) atoms. The minimum atomic E-state index is -3.98. The molecule has 0 radical (unpaired) electrons. The van der Waals surface area contributed by atoms with Crippen molar-refractivity contribution in [3.63, 3.8) is 0 Å². The van der Waals surface area contributed by atoms with E-state index in [-0.39, 0.29) is 15.0 Å². The minimum absolute atomic E-state index is 0.0517. The van der Waals surface area contributed by atoms with Gasteiger partial charge in [0.15, 0.2) is 5.00 Å². The highest BCUT2D eigenvalue weighted by Crippen LogP contribution is 2.36. The quantitative estimate of drug-likeness (QED) is 0.400. The van der Waals surface area contributed by atoms with Gasteiger partial charge in [0.25, 0.3) is 10.0 Å². The van der Waals surface area contributed by atoms with Gasteiger partial charge in [-0.3, -0.25) is 14.8 Å². The van der Waals surface area contributed by atoms with Crippen LogP contribution in [0, 0.1) is 10.1 Å². The predicted octanol–water partition coefficient (Wildman–Crippen LogP) is 1.90. The first-order chi connectivity index (χ1) is 9.83. The molecule has 9 nitrogen and oxygen atoms in total. The molecule has 0 atom stereocenters. The minimum Gasteiger partial charge on any atom is -0.310 e. The van der Waals surface area contributed by atoms with E-state index in [0.29, 0.717) is 15.8 Å². The summed E-state index contributed by atoms with van der Waals surface area (Å²) >= 11 is 3.83. The van der Waals surface area contributed by atoms with E-state index in [9.17, 15) is 18.5 Å². The van der Waals surface area contributed by atoms with Crippen LogP contribution in [0.4, 0.5) is 16.5 Å². The van der Waals surface area contributed by atoms with Crippen molar-refractivity contribution in [2.24, 2.45) is 5.84 Å². The molecule has 0 amide bonds. The van der Waals surface area contributed by atoms with Crippen molar-refractivity contribution in [2.75, 3.05) is 10.1 Å². The zero-order valence-electron chi connectivity index (χ0n) is 10.1. The van der Waals surface area contributed by atoms with E-state index in [0.717, 1.165) is 6.07 Å². The van der Waals surface area contributed by atoms with Gasteiger partial charge in [-0.15, -0.1) is 0 Å². The maximum Gasteiger partial charge on any atom is 0.306 e. The Morgan fingerprint density at radius 1 is 1.43 bits per heavy atom. The molecule has 0 fully saturated rings. The number of hydrogen-bond donors (Lipinski definition) is 3. The fourth-order valence-electron chi connectivity index (χ4n) is 1.36. The summed E-state index contributed by atoms with van der Waals surface area (Å²) in [4.78, 5) is 13.9. The first kappa shape index (κ1) is 15.6. The number of hydrogen-bond acceptors (Lipinski definition) is 8. The van der Waals surface area contributed by atoms with Gasteiger partial charge in [0.2, 0.25) is 0 Å². The number of anilines is 2. The molecule has 4 N–H and O–H groups in total. The summed E-state index contributed by atoms with van der Waals surface area (Å²) in [6.45, 7) is 0. The molecule has 2 rings (SSSR count). The number of rotatable bonds is 5. The number of pyridine rings is 1. The molecule has 0 saturated heterocycles. The molecule has 2 heterocycles. The topological polar surface area (TPSA) is 140 Å². The fraction of sp³-hybridized carbons (Fsp3) is 0. The van der Waals surface area contributed by atoms with E-state index in [1.165, 1.54) is 12.3 Å². The van der Waals surface area contributed by atoms with Gasteiger partial charge in [-0.1, -0.05) is 11.3 Å². The lowest BCUT2D eigenvalue weighted by molar-refractivity contribution is -0.383. The third-order valence-corrected chi connectivity index (χ3v) is 5.60. The number of aromatic nitrogens is 1. The lowest BCUT2D eigenvalue weighted by atomic mass is 10.5. The van der Waals surface area contributed by atoms with Crippen LogP contribution in [-0.4, -0.2) is 18.3 Å². The van der Waals surface area contributed by atoms with E-state index < -0.39 is 20.6 Å². The van der Waals surface area contributed by atoms with Gasteiger partial charge in [0, 0.05) is 16.7 Å².